The summed E-state index contributed by atoms with van der Waals surface area (Å²) in [5, 5.41) is 0. The third-order valence-corrected chi connectivity index (χ3v) is 3.18. The van der Waals surface area contributed by atoms with Crippen LogP contribution in [0.4, 0.5) is 0 Å². The zero-order valence-corrected chi connectivity index (χ0v) is 5.71. The van der Waals surface area contributed by atoms with E-state index in [1.54, 1.807) is 0 Å². The predicted octanol–water partition coefficient (Wildman–Crippen LogP) is 0.796. The maximum Gasteiger partial charge on any atom is 0.0216 e. The molecule has 0 heterocycles. The Kier molecular flexibility index (Phi) is 4.82. The Balaban J connectivity index is 2.19. The SMILES string of the molecule is CC[Si][Si]C. The molecule has 0 nitrogen and oxygen atoms in total. The van der Waals surface area contributed by atoms with Gasteiger partial charge in [-0.3, -0.25) is 0 Å². The van der Waals surface area contributed by atoms with Crippen LogP contribution in [0.3, 0.4) is 0 Å². The van der Waals surface area contributed by atoms with E-state index in [9.17, 15) is 0 Å². The van der Waals surface area contributed by atoms with Crippen LogP contribution in [0.2, 0.25) is 12.6 Å². The van der Waals surface area contributed by atoms with Gasteiger partial charge < -0.3 is 0 Å². The minimum Gasteiger partial charge on any atom is -0.0759 e. The molecule has 0 atom stereocenters. The first kappa shape index (κ1) is 5.43. The van der Waals surface area contributed by atoms with Crippen LogP contribution in [0.15, 0.2) is 0 Å². The van der Waals surface area contributed by atoms with E-state index in [1.807, 2.05) is 0 Å². The van der Waals surface area contributed by atoms with Crippen molar-refractivity contribution in [2.45, 2.75) is 19.5 Å². The second kappa shape index (κ2) is 4.43. The van der Waals surface area contributed by atoms with Crippen molar-refractivity contribution in [2.75, 3.05) is 0 Å². The molecule has 0 N–H and O–H groups in total. The normalized spacial score (nSPS) is 8.40. The van der Waals surface area contributed by atoms with Crippen LogP contribution >= 0.6 is 0 Å². The molecule has 0 aliphatic rings. The molecule has 5 heavy (non-hydrogen) atoms. The summed E-state index contributed by atoms with van der Waals surface area (Å²) in [5.74, 6) is 0. The smallest absolute Gasteiger partial charge is 0.0216 e. The third kappa shape index (κ3) is 4.43. The van der Waals surface area contributed by atoms with Crippen molar-refractivity contribution < 1.29 is 0 Å². The molecule has 0 saturated heterocycles. The summed E-state index contributed by atoms with van der Waals surface area (Å²) in [6, 6.07) is 1.38. The van der Waals surface area contributed by atoms with Crippen molar-refractivity contribution in [1.29, 1.82) is 0 Å². The molecule has 0 aromatic rings. The fourth-order valence-corrected chi connectivity index (χ4v) is 1.59. The Bertz CT molecular complexity index is 12.4. The van der Waals surface area contributed by atoms with Gasteiger partial charge in [-0.05, 0) is 0 Å². The van der Waals surface area contributed by atoms with Gasteiger partial charge in [0.15, 0.2) is 0 Å². The zero-order valence-electron chi connectivity index (χ0n) is 3.71. The summed E-state index contributed by atoms with van der Waals surface area (Å²) in [4.78, 5) is 0. The Morgan fingerprint density at radius 3 is 2.20 bits per heavy atom. The van der Waals surface area contributed by atoms with E-state index >= 15 is 0 Å². The predicted molar refractivity (Wildman–Crippen MR) is 27.9 cm³/mol. The molecule has 0 bridgehead atoms. The van der Waals surface area contributed by atoms with E-state index in [2.05, 4.69) is 13.5 Å². The van der Waals surface area contributed by atoms with Crippen LogP contribution in [0.1, 0.15) is 6.92 Å². The molecular formula is C3H8Si2. The molecule has 0 aromatic carbocycles. The number of hydrogen-bond acceptors (Lipinski definition) is 0. The van der Waals surface area contributed by atoms with E-state index in [1.165, 1.54) is 24.1 Å². The maximum atomic E-state index is 2.25. The van der Waals surface area contributed by atoms with Gasteiger partial charge in [0.2, 0.25) is 0 Å². The molecule has 0 rings (SSSR count). The summed E-state index contributed by atoms with van der Waals surface area (Å²) in [6.45, 7) is 4.48. The van der Waals surface area contributed by atoms with Crippen LogP contribution in [0.25, 0.3) is 0 Å². The van der Waals surface area contributed by atoms with E-state index < -0.39 is 0 Å². The quantitative estimate of drug-likeness (QED) is 0.450. The van der Waals surface area contributed by atoms with Gasteiger partial charge >= 0.3 is 0 Å². The highest BCUT2D eigenvalue weighted by Crippen LogP contribution is 1.66. The highest BCUT2D eigenvalue weighted by atomic mass is 29.1. The molecule has 0 spiro atoms. The summed E-state index contributed by atoms with van der Waals surface area (Å²) in [5.41, 5.74) is 0. The Morgan fingerprint density at radius 1 is 1.60 bits per heavy atom. The van der Waals surface area contributed by atoms with Crippen LogP contribution in [0.5, 0.6) is 0 Å². The summed E-state index contributed by atoms with van der Waals surface area (Å²) < 4.78 is 0. The molecule has 2 heteroatoms. The standard InChI is InChI=1S/C3H8Si2/c1-3-5-4-2/h3H2,1-2H3. The van der Waals surface area contributed by atoms with Gasteiger partial charge in [-0.25, -0.2) is 0 Å². The maximum absolute atomic E-state index is 2.25. The fourth-order valence-electron chi connectivity index (χ4n) is 0.177. The molecule has 0 unspecified atom stereocenters. The van der Waals surface area contributed by atoms with Crippen molar-refractivity contribution in [3.8, 4) is 0 Å². The lowest BCUT2D eigenvalue weighted by Crippen LogP contribution is -1.92. The Morgan fingerprint density at radius 2 is 2.20 bits per heavy atom. The average molecular weight is 100 g/mol. The first-order chi connectivity index (χ1) is 2.41. The molecule has 0 aliphatic carbocycles. The lowest BCUT2D eigenvalue weighted by Gasteiger charge is -1.75. The second-order valence-electron chi connectivity index (χ2n) is 0.780. The first-order valence-corrected chi connectivity index (χ1v) is 5.52. The lowest BCUT2D eigenvalue weighted by molar-refractivity contribution is 1.47. The average Bonchev–Trinajstić information content (AvgIpc) is 1.41. The molecule has 28 valence electrons. The fraction of sp³-hybridized carbons (Fsp3) is 1.00. The van der Waals surface area contributed by atoms with E-state index in [-0.39, 0.29) is 0 Å². The van der Waals surface area contributed by atoms with Crippen molar-refractivity contribution in [1.82, 2.24) is 0 Å². The van der Waals surface area contributed by atoms with Crippen LogP contribution in [-0.2, 0) is 0 Å². The van der Waals surface area contributed by atoms with Gasteiger partial charge in [0.05, 0.1) is 0 Å². The van der Waals surface area contributed by atoms with Gasteiger partial charge in [-0.1, -0.05) is 19.5 Å². The number of rotatable bonds is 2. The monoisotopic (exact) mass is 100 g/mol. The van der Waals surface area contributed by atoms with E-state index in [0.717, 1.165) is 0 Å². The molecule has 0 fully saturated rings. The van der Waals surface area contributed by atoms with Gasteiger partial charge in [-0.15, -0.1) is 0 Å². The van der Waals surface area contributed by atoms with Gasteiger partial charge in [0.1, 0.15) is 0 Å². The molecule has 0 saturated carbocycles. The summed E-state index contributed by atoms with van der Waals surface area (Å²) in [7, 11) is 2.41. The Hall–Kier alpha value is 0.434. The van der Waals surface area contributed by atoms with Gasteiger partial charge in [-0.2, -0.15) is 0 Å². The number of hydrogen-bond donors (Lipinski definition) is 0. The van der Waals surface area contributed by atoms with Crippen molar-refractivity contribution in [3.63, 3.8) is 0 Å². The first-order valence-electron chi connectivity index (χ1n) is 1.81. The molecule has 0 aliphatic heterocycles. The highest BCUT2D eigenvalue weighted by molar-refractivity contribution is 6.99. The van der Waals surface area contributed by atoms with Crippen molar-refractivity contribution in [2.24, 2.45) is 0 Å². The highest BCUT2D eigenvalue weighted by Gasteiger charge is 1.72. The lowest BCUT2D eigenvalue weighted by atomic mass is 11.0. The second-order valence-corrected chi connectivity index (χ2v) is 4.90. The minimum absolute atomic E-state index is 1.19. The molecule has 0 aromatic heterocycles. The Labute approximate surface area is 38.4 Å². The topological polar surface area (TPSA) is 0 Å². The molecular weight excluding hydrogens is 92.2 g/mol. The molecule has 4 radical (unpaired) electrons. The van der Waals surface area contributed by atoms with Crippen LogP contribution in [-0.4, -0.2) is 18.1 Å². The van der Waals surface area contributed by atoms with Crippen molar-refractivity contribution >= 4 is 18.1 Å². The third-order valence-electron chi connectivity index (χ3n) is 0.354. The van der Waals surface area contributed by atoms with E-state index in [4.69, 9.17) is 0 Å². The van der Waals surface area contributed by atoms with Gasteiger partial charge in [0, 0.05) is 18.1 Å². The van der Waals surface area contributed by atoms with Gasteiger partial charge in [0.25, 0.3) is 0 Å². The van der Waals surface area contributed by atoms with Crippen molar-refractivity contribution in [3.05, 3.63) is 0 Å². The largest absolute Gasteiger partial charge is 0.0759 e. The summed E-state index contributed by atoms with van der Waals surface area (Å²) >= 11 is 0. The zero-order chi connectivity index (χ0) is 4.12. The van der Waals surface area contributed by atoms with Crippen LogP contribution < -0.4 is 0 Å². The summed E-state index contributed by atoms with van der Waals surface area (Å²) in [6.07, 6.45) is 0. The van der Waals surface area contributed by atoms with Crippen LogP contribution in [0, 0.1) is 0 Å². The molecule has 0 amide bonds. The minimum atomic E-state index is 1.19. The van der Waals surface area contributed by atoms with E-state index in [0.29, 0.717) is 0 Å².